The highest BCUT2D eigenvalue weighted by atomic mass is 14.6. The smallest absolute Gasteiger partial charge is 0.0708 e. The molecule has 0 aliphatic carbocycles. The van der Waals surface area contributed by atoms with Crippen LogP contribution in [0.2, 0.25) is 0 Å². The Morgan fingerprint density at radius 3 is 2.22 bits per heavy atom. The minimum Gasteiger partial charge on any atom is -0.256 e. The fraction of sp³-hybridized carbons (Fsp3) is 0.136. The molecular weight excluding hydrogens is 278 g/mol. The molecule has 0 aliphatic heterocycles. The van der Waals surface area contributed by atoms with Crippen molar-refractivity contribution in [3.05, 3.63) is 78.5 Å². The van der Waals surface area contributed by atoms with Crippen LogP contribution in [0, 0.1) is 0 Å². The van der Waals surface area contributed by atoms with Gasteiger partial charge < -0.3 is 0 Å². The van der Waals surface area contributed by atoms with Crippen molar-refractivity contribution >= 4 is 21.7 Å². The van der Waals surface area contributed by atoms with Crippen LogP contribution in [0.1, 0.15) is 25.3 Å². The third kappa shape index (κ3) is 2.59. The Morgan fingerprint density at radius 2 is 1.39 bits per heavy atom. The summed E-state index contributed by atoms with van der Waals surface area (Å²) in [6.07, 6.45) is 1.85. The largest absolute Gasteiger partial charge is 0.256 e. The maximum atomic E-state index is 4.46. The van der Waals surface area contributed by atoms with Crippen molar-refractivity contribution in [3.8, 4) is 11.1 Å². The Labute approximate surface area is 136 Å². The Kier molecular flexibility index (Phi) is 3.34. The Morgan fingerprint density at radius 1 is 0.696 bits per heavy atom. The van der Waals surface area contributed by atoms with Gasteiger partial charge in [-0.05, 0) is 51.6 Å². The quantitative estimate of drug-likeness (QED) is 0.430. The van der Waals surface area contributed by atoms with Crippen LogP contribution in [0.15, 0.2) is 72.9 Å². The molecule has 0 unspecified atom stereocenters. The first kappa shape index (κ1) is 14.0. The summed E-state index contributed by atoms with van der Waals surface area (Å²) < 4.78 is 0. The zero-order chi connectivity index (χ0) is 15.8. The lowest BCUT2D eigenvalue weighted by Crippen LogP contribution is -1.87. The molecule has 0 spiro atoms. The molecule has 4 rings (SSSR count). The van der Waals surface area contributed by atoms with Gasteiger partial charge in [0.25, 0.3) is 0 Å². The number of pyridine rings is 1. The predicted octanol–water partition coefficient (Wildman–Crippen LogP) is 6.18. The van der Waals surface area contributed by atoms with Crippen molar-refractivity contribution in [2.75, 3.05) is 0 Å². The first-order valence-corrected chi connectivity index (χ1v) is 8.09. The molecule has 0 fully saturated rings. The lowest BCUT2D eigenvalue weighted by Gasteiger charge is -2.09. The molecule has 0 radical (unpaired) electrons. The molecule has 112 valence electrons. The van der Waals surface area contributed by atoms with Gasteiger partial charge in [0, 0.05) is 11.6 Å². The third-order valence-electron chi connectivity index (χ3n) is 4.47. The fourth-order valence-electron chi connectivity index (χ4n) is 3.05. The van der Waals surface area contributed by atoms with E-state index in [2.05, 4.69) is 79.5 Å². The summed E-state index contributed by atoms with van der Waals surface area (Å²) in [4.78, 5) is 4.46. The van der Waals surface area contributed by atoms with E-state index in [1.807, 2.05) is 12.3 Å². The third-order valence-corrected chi connectivity index (χ3v) is 4.47. The minimum atomic E-state index is 0.561. The van der Waals surface area contributed by atoms with E-state index in [9.17, 15) is 0 Å². The van der Waals surface area contributed by atoms with E-state index in [0.717, 1.165) is 5.52 Å². The number of benzene rings is 3. The van der Waals surface area contributed by atoms with E-state index in [4.69, 9.17) is 0 Å². The maximum Gasteiger partial charge on any atom is 0.0708 e. The number of hydrogen-bond donors (Lipinski definition) is 0. The van der Waals surface area contributed by atoms with Gasteiger partial charge in [-0.3, -0.25) is 4.98 Å². The zero-order valence-electron chi connectivity index (χ0n) is 13.5. The molecule has 3 aromatic carbocycles. The SMILES string of the molecule is CC(C)c1ccc2cc(-c3ccc4cccnc4c3)ccc2c1. The van der Waals surface area contributed by atoms with Crippen molar-refractivity contribution in [1.82, 2.24) is 4.98 Å². The highest BCUT2D eigenvalue weighted by Crippen LogP contribution is 2.28. The van der Waals surface area contributed by atoms with E-state index in [1.54, 1.807) is 0 Å². The Hall–Kier alpha value is -2.67. The first-order chi connectivity index (χ1) is 11.2. The molecule has 0 bridgehead atoms. The molecule has 23 heavy (non-hydrogen) atoms. The number of nitrogens with zero attached hydrogens (tertiary/aromatic N) is 1. The molecule has 0 N–H and O–H groups in total. The van der Waals surface area contributed by atoms with Crippen LogP contribution in [0.3, 0.4) is 0 Å². The van der Waals surface area contributed by atoms with Crippen LogP contribution >= 0.6 is 0 Å². The Balaban J connectivity index is 1.82. The average Bonchev–Trinajstić information content (AvgIpc) is 2.60. The van der Waals surface area contributed by atoms with Crippen molar-refractivity contribution in [2.45, 2.75) is 19.8 Å². The van der Waals surface area contributed by atoms with E-state index in [1.165, 1.54) is 32.8 Å². The van der Waals surface area contributed by atoms with Gasteiger partial charge in [0.2, 0.25) is 0 Å². The summed E-state index contributed by atoms with van der Waals surface area (Å²) in [6, 6.07) is 24.0. The average molecular weight is 297 g/mol. The predicted molar refractivity (Wildman–Crippen MR) is 98.8 cm³/mol. The standard InChI is InChI=1S/C22H19N/c1-15(2)17-6-8-19-13-20(10-9-18(19)12-17)21-7-5-16-4-3-11-23-22(16)14-21/h3-15H,1-2H3. The molecule has 1 heteroatoms. The minimum absolute atomic E-state index is 0.561. The lowest BCUT2D eigenvalue weighted by molar-refractivity contribution is 0.869. The van der Waals surface area contributed by atoms with Gasteiger partial charge in [-0.2, -0.15) is 0 Å². The van der Waals surface area contributed by atoms with Gasteiger partial charge >= 0.3 is 0 Å². The van der Waals surface area contributed by atoms with Crippen LogP contribution in [0.25, 0.3) is 32.8 Å². The number of rotatable bonds is 2. The maximum absolute atomic E-state index is 4.46. The highest BCUT2D eigenvalue weighted by molar-refractivity contribution is 5.90. The molecule has 1 nitrogen and oxygen atoms in total. The molecule has 4 aromatic rings. The second-order valence-electron chi connectivity index (χ2n) is 6.39. The molecular formula is C22H19N. The van der Waals surface area contributed by atoms with Gasteiger partial charge in [0.05, 0.1) is 5.52 Å². The van der Waals surface area contributed by atoms with Gasteiger partial charge in [0.1, 0.15) is 0 Å². The second kappa shape index (κ2) is 5.51. The van der Waals surface area contributed by atoms with E-state index >= 15 is 0 Å². The monoisotopic (exact) mass is 297 g/mol. The van der Waals surface area contributed by atoms with E-state index in [0.29, 0.717) is 5.92 Å². The Bertz CT molecular complexity index is 999. The van der Waals surface area contributed by atoms with Crippen LogP contribution in [-0.2, 0) is 0 Å². The van der Waals surface area contributed by atoms with Gasteiger partial charge in [-0.25, -0.2) is 0 Å². The highest BCUT2D eigenvalue weighted by Gasteiger charge is 2.04. The topological polar surface area (TPSA) is 12.9 Å². The van der Waals surface area contributed by atoms with Crippen LogP contribution in [-0.4, -0.2) is 4.98 Å². The number of hydrogen-bond acceptors (Lipinski definition) is 1. The van der Waals surface area contributed by atoms with Crippen LogP contribution < -0.4 is 0 Å². The summed E-state index contributed by atoms with van der Waals surface area (Å²) >= 11 is 0. The fourth-order valence-corrected chi connectivity index (χ4v) is 3.05. The lowest BCUT2D eigenvalue weighted by atomic mass is 9.96. The summed E-state index contributed by atoms with van der Waals surface area (Å²) in [5.41, 5.74) is 4.88. The molecule has 1 aromatic heterocycles. The van der Waals surface area contributed by atoms with Crippen LogP contribution in [0.4, 0.5) is 0 Å². The van der Waals surface area contributed by atoms with Gasteiger partial charge in [-0.1, -0.05) is 62.4 Å². The van der Waals surface area contributed by atoms with Gasteiger partial charge in [0.15, 0.2) is 0 Å². The van der Waals surface area contributed by atoms with Gasteiger partial charge in [-0.15, -0.1) is 0 Å². The molecule has 0 saturated heterocycles. The van der Waals surface area contributed by atoms with Crippen molar-refractivity contribution in [2.24, 2.45) is 0 Å². The van der Waals surface area contributed by atoms with E-state index in [-0.39, 0.29) is 0 Å². The van der Waals surface area contributed by atoms with Crippen molar-refractivity contribution < 1.29 is 0 Å². The molecule has 0 saturated carbocycles. The van der Waals surface area contributed by atoms with Crippen molar-refractivity contribution in [1.29, 1.82) is 0 Å². The molecule has 0 atom stereocenters. The molecule has 0 amide bonds. The van der Waals surface area contributed by atoms with E-state index < -0.39 is 0 Å². The normalized spacial score (nSPS) is 11.4. The molecule has 1 heterocycles. The number of fused-ring (bicyclic) bond motifs is 2. The summed E-state index contributed by atoms with van der Waals surface area (Å²) in [5, 5.41) is 3.77. The second-order valence-corrected chi connectivity index (χ2v) is 6.39. The summed E-state index contributed by atoms with van der Waals surface area (Å²) in [7, 11) is 0. The zero-order valence-corrected chi connectivity index (χ0v) is 13.5. The first-order valence-electron chi connectivity index (χ1n) is 8.09. The van der Waals surface area contributed by atoms with Crippen molar-refractivity contribution in [3.63, 3.8) is 0 Å². The number of aromatic nitrogens is 1. The van der Waals surface area contributed by atoms with Crippen LogP contribution in [0.5, 0.6) is 0 Å². The summed E-state index contributed by atoms with van der Waals surface area (Å²) in [6.45, 7) is 4.47. The summed E-state index contributed by atoms with van der Waals surface area (Å²) in [5.74, 6) is 0.561. The molecule has 0 aliphatic rings.